The number of nitrogens with zero attached hydrogens (tertiary/aromatic N) is 8. The minimum Gasteiger partial charge on any atom is -0.416 e. The highest BCUT2D eigenvalue weighted by molar-refractivity contribution is 5.71. The van der Waals surface area contributed by atoms with E-state index in [9.17, 15) is 22.0 Å². The molecule has 4 heterocycles. The van der Waals surface area contributed by atoms with Gasteiger partial charge in [-0.25, -0.2) is 29.4 Å². The summed E-state index contributed by atoms with van der Waals surface area (Å²) in [6, 6.07) is 6.71. The second kappa shape index (κ2) is 10.6. The van der Waals surface area contributed by atoms with E-state index in [-0.39, 0.29) is 41.6 Å². The van der Waals surface area contributed by atoms with Crippen LogP contribution in [0.2, 0.25) is 0 Å². The van der Waals surface area contributed by atoms with Crippen LogP contribution in [-0.2, 0) is 12.7 Å². The third-order valence-electron chi connectivity index (χ3n) is 6.74. The Bertz CT molecular complexity index is 1730. The zero-order chi connectivity index (χ0) is 29.6. The number of nitrogens with one attached hydrogen (secondary N) is 1. The van der Waals surface area contributed by atoms with E-state index in [1.165, 1.54) is 21.6 Å². The van der Waals surface area contributed by atoms with Crippen molar-refractivity contribution in [1.82, 2.24) is 39.1 Å². The molecule has 1 aromatic carbocycles. The summed E-state index contributed by atoms with van der Waals surface area (Å²) in [5.41, 5.74) is 1.51. The average molecular weight is 586 g/mol. The second-order valence-corrected chi connectivity index (χ2v) is 10.1. The van der Waals surface area contributed by atoms with Crippen molar-refractivity contribution in [3.8, 4) is 28.7 Å². The number of halogens is 5. The van der Waals surface area contributed by atoms with Gasteiger partial charge in [-0.1, -0.05) is 24.3 Å². The van der Waals surface area contributed by atoms with Crippen LogP contribution in [0.4, 0.5) is 27.8 Å². The van der Waals surface area contributed by atoms with E-state index >= 15 is 0 Å². The largest absolute Gasteiger partial charge is 0.434 e. The zero-order valence-electron chi connectivity index (χ0n) is 22.3. The Labute approximate surface area is 235 Å². The third kappa shape index (κ3) is 5.45. The molecule has 0 saturated heterocycles. The molecule has 0 amide bonds. The number of aromatic nitrogens is 8. The van der Waals surface area contributed by atoms with Crippen LogP contribution >= 0.6 is 0 Å². The highest BCUT2D eigenvalue weighted by Gasteiger charge is 2.35. The number of imidazole rings is 2. The molecule has 4 aromatic heterocycles. The molecule has 0 radical (unpaired) electrons. The molecule has 42 heavy (non-hydrogen) atoms. The minimum atomic E-state index is -4.55. The first-order chi connectivity index (χ1) is 20.1. The fourth-order valence-electron chi connectivity index (χ4n) is 4.58. The van der Waals surface area contributed by atoms with Gasteiger partial charge < -0.3 is 14.6 Å². The summed E-state index contributed by atoms with van der Waals surface area (Å²) in [5, 5.41) is 7.66. The first-order valence-electron chi connectivity index (χ1n) is 13.1. The lowest BCUT2D eigenvalue weighted by Gasteiger charge is -2.14. The molecular formula is C27H24F5N9O. The van der Waals surface area contributed by atoms with Crippen molar-refractivity contribution < 1.29 is 26.7 Å². The topological polar surface area (TPSA) is 108 Å². The van der Waals surface area contributed by atoms with Gasteiger partial charge in [-0.15, -0.1) is 5.10 Å². The van der Waals surface area contributed by atoms with Gasteiger partial charge in [0.05, 0.1) is 5.69 Å². The van der Waals surface area contributed by atoms with E-state index in [0.29, 0.717) is 22.7 Å². The molecule has 1 saturated carbocycles. The molecule has 0 bridgehead atoms. The van der Waals surface area contributed by atoms with Crippen molar-refractivity contribution in [2.45, 2.75) is 58.0 Å². The van der Waals surface area contributed by atoms with E-state index in [1.54, 1.807) is 44.3 Å². The molecule has 15 heteroatoms. The SMILES string of the molecule is CC(C)n1cc(C(F)(F)F)nc1-c1ccc(CNc2nc(-c3c(OC(F)F)ncnc3C3CC3)nn3ccnc23)cc1. The number of hydrogen-bond donors (Lipinski definition) is 1. The molecular weight excluding hydrogens is 561 g/mol. The van der Waals surface area contributed by atoms with Gasteiger partial charge in [-0.05, 0) is 32.3 Å². The molecule has 0 spiro atoms. The van der Waals surface area contributed by atoms with Crippen molar-refractivity contribution in [2.24, 2.45) is 0 Å². The minimum absolute atomic E-state index is 0.0681. The van der Waals surface area contributed by atoms with Crippen molar-refractivity contribution in [2.75, 3.05) is 5.32 Å². The van der Waals surface area contributed by atoms with E-state index < -0.39 is 18.5 Å². The Balaban J connectivity index is 1.29. The van der Waals surface area contributed by atoms with E-state index in [4.69, 9.17) is 4.74 Å². The molecule has 218 valence electrons. The molecule has 6 rings (SSSR count). The summed E-state index contributed by atoms with van der Waals surface area (Å²) in [6.07, 6.45) is 2.47. The Morgan fingerprint density at radius 1 is 1.05 bits per heavy atom. The fourth-order valence-corrected chi connectivity index (χ4v) is 4.58. The van der Waals surface area contributed by atoms with Crippen LogP contribution < -0.4 is 10.1 Å². The predicted molar refractivity (Wildman–Crippen MR) is 141 cm³/mol. The highest BCUT2D eigenvalue weighted by atomic mass is 19.4. The normalized spacial score (nSPS) is 13.8. The van der Waals surface area contributed by atoms with Crippen LogP contribution in [0.5, 0.6) is 5.88 Å². The molecule has 1 aliphatic carbocycles. The van der Waals surface area contributed by atoms with Crippen LogP contribution in [-0.4, -0.2) is 45.7 Å². The second-order valence-electron chi connectivity index (χ2n) is 10.1. The van der Waals surface area contributed by atoms with E-state index in [2.05, 4.69) is 35.3 Å². The van der Waals surface area contributed by atoms with Gasteiger partial charge in [0.15, 0.2) is 23.0 Å². The maximum atomic E-state index is 13.3. The van der Waals surface area contributed by atoms with Gasteiger partial charge in [0.1, 0.15) is 17.7 Å². The van der Waals surface area contributed by atoms with Gasteiger partial charge in [0.2, 0.25) is 5.88 Å². The maximum absolute atomic E-state index is 13.3. The Morgan fingerprint density at radius 3 is 2.48 bits per heavy atom. The maximum Gasteiger partial charge on any atom is 0.434 e. The lowest BCUT2D eigenvalue weighted by Crippen LogP contribution is -2.11. The fraction of sp³-hybridized carbons (Fsp3) is 0.333. The Morgan fingerprint density at radius 2 is 1.81 bits per heavy atom. The Kier molecular flexibility index (Phi) is 6.94. The molecule has 1 N–H and O–H groups in total. The van der Waals surface area contributed by atoms with Gasteiger partial charge in [-0.3, -0.25) is 0 Å². The monoisotopic (exact) mass is 585 g/mol. The van der Waals surface area contributed by atoms with Gasteiger partial charge in [-0.2, -0.15) is 22.0 Å². The predicted octanol–water partition coefficient (Wildman–Crippen LogP) is 6.14. The van der Waals surface area contributed by atoms with Gasteiger partial charge in [0, 0.05) is 42.7 Å². The quantitative estimate of drug-likeness (QED) is 0.206. The molecule has 0 aliphatic heterocycles. The van der Waals surface area contributed by atoms with Crippen LogP contribution in [0.1, 0.15) is 55.6 Å². The summed E-state index contributed by atoms with van der Waals surface area (Å²) >= 11 is 0. The van der Waals surface area contributed by atoms with E-state index in [0.717, 1.165) is 24.6 Å². The van der Waals surface area contributed by atoms with Crippen LogP contribution in [0.3, 0.4) is 0 Å². The number of fused-ring (bicyclic) bond motifs is 1. The summed E-state index contributed by atoms with van der Waals surface area (Å²) in [4.78, 5) is 21.0. The molecule has 5 aromatic rings. The standard InChI is InChI=1S/C27H24F5N9O/c1-14(2)40-12-18(27(30,31)32)37-23(40)17-5-3-15(4-6-17)11-34-22-24-33-9-10-41(24)39-21(38-22)19-20(16-7-8-16)35-13-36-25(19)42-26(28)29/h3-6,9-10,12-14,16,26H,7-8,11H2,1-2H3,(H,34,38,39). The average Bonchev–Trinajstić information content (AvgIpc) is 3.48. The molecule has 1 fully saturated rings. The third-order valence-corrected chi connectivity index (χ3v) is 6.74. The van der Waals surface area contributed by atoms with Gasteiger partial charge in [0.25, 0.3) is 0 Å². The number of benzene rings is 1. The summed E-state index contributed by atoms with van der Waals surface area (Å²) < 4.78 is 74.0. The van der Waals surface area contributed by atoms with Crippen LogP contribution in [0, 0.1) is 0 Å². The number of hydrogen-bond acceptors (Lipinski definition) is 8. The van der Waals surface area contributed by atoms with Crippen molar-refractivity contribution in [3.05, 3.63) is 66.1 Å². The van der Waals surface area contributed by atoms with Crippen molar-refractivity contribution in [1.29, 1.82) is 0 Å². The van der Waals surface area contributed by atoms with Crippen LogP contribution in [0.25, 0.3) is 28.4 Å². The summed E-state index contributed by atoms with van der Waals surface area (Å²) in [6.45, 7) is 0.746. The van der Waals surface area contributed by atoms with Crippen molar-refractivity contribution in [3.63, 3.8) is 0 Å². The smallest absolute Gasteiger partial charge is 0.416 e. The summed E-state index contributed by atoms with van der Waals surface area (Å²) in [5.74, 6) is 0.398. The lowest BCUT2D eigenvalue weighted by atomic mass is 10.1. The molecule has 1 aliphatic rings. The number of alkyl halides is 5. The van der Waals surface area contributed by atoms with Crippen molar-refractivity contribution >= 4 is 11.5 Å². The number of anilines is 1. The Hall–Kier alpha value is -4.69. The summed E-state index contributed by atoms with van der Waals surface area (Å²) in [7, 11) is 0. The molecule has 10 nitrogen and oxygen atoms in total. The first kappa shape index (κ1) is 27.5. The first-order valence-corrected chi connectivity index (χ1v) is 13.1. The highest BCUT2D eigenvalue weighted by Crippen LogP contribution is 2.45. The molecule has 0 unspecified atom stereocenters. The van der Waals surface area contributed by atoms with E-state index in [1.807, 2.05) is 0 Å². The lowest BCUT2D eigenvalue weighted by molar-refractivity contribution is -0.140. The zero-order valence-corrected chi connectivity index (χ0v) is 22.3. The van der Waals surface area contributed by atoms with Gasteiger partial charge >= 0.3 is 12.8 Å². The number of ether oxygens (including phenoxy) is 1. The number of rotatable bonds is 9. The molecule has 0 atom stereocenters. The van der Waals surface area contributed by atoms with Crippen LogP contribution in [0.15, 0.2) is 49.2 Å².